The van der Waals surface area contributed by atoms with Gasteiger partial charge in [0.25, 0.3) is 0 Å². The van der Waals surface area contributed by atoms with Gasteiger partial charge in [-0.2, -0.15) is 0 Å². The average Bonchev–Trinajstić information content (AvgIpc) is 2.34. The van der Waals surface area contributed by atoms with E-state index < -0.39 is 0 Å². The van der Waals surface area contributed by atoms with Crippen LogP contribution in [0.1, 0.15) is 39.5 Å². The van der Waals surface area contributed by atoms with Crippen LogP contribution in [-0.4, -0.2) is 48.9 Å². The van der Waals surface area contributed by atoms with Crippen molar-refractivity contribution in [2.75, 3.05) is 26.2 Å². The Bertz CT molecular complexity index is 273. The molecule has 0 spiro atoms. The molecular weight excluding hydrogens is 230 g/mol. The third kappa shape index (κ3) is 6.00. The predicted molar refractivity (Wildman–Crippen MR) is 71.2 cm³/mol. The standard InChI is InChI=1S/C13H25N3O2/c1-11(2)15-12(17)6-7-14-10-13(18)16-8-4-3-5-9-16/h11,14H,3-10H2,1-2H3,(H,15,17). The Morgan fingerprint density at radius 2 is 1.83 bits per heavy atom. The second kappa shape index (κ2) is 8.08. The Morgan fingerprint density at radius 3 is 2.44 bits per heavy atom. The van der Waals surface area contributed by atoms with Gasteiger partial charge in [-0.05, 0) is 33.1 Å². The lowest BCUT2D eigenvalue weighted by Crippen LogP contribution is -2.42. The molecular formula is C13H25N3O2. The molecule has 5 nitrogen and oxygen atoms in total. The topological polar surface area (TPSA) is 61.4 Å². The summed E-state index contributed by atoms with van der Waals surface area (Å²) in [6.07, 6.45) is 3.88. The van der Waals surface area contributed by atoms with E-state index in [4.69, 9.17) is 0 Å². The number of piperidine rings is 1. The third-order valence-corrected chi connectivity index (χ3v) is 2.96. The van der Waals surface area contributed by atoms with Gasteiger partial charge in [-0.15, -0.1) is 0 Å². The fraction of sp³-hybridized carbons (Fsp3) is 0.846. The number of amides is 2. The summed E-state index contributed by atoms with van der Waals surface area (Å²) in [5.41, 5.74) is 0. The van der Waals surface area contributed by atoms with E-state index >= 15 is 0 Å². The van der Waals surface area contributed by atoms with Crippen LogP contribution in [0.2, 0.25) is 0 Å². The summed E-state index contributed by atoms with van der Waals surface area (Å²) in [6, 6.07) is 0.174. The van der Waals surface area contributed by atoms with Crippen molar-refractivity contribution < 1.29 is 9.59 Å². The number of carbonyl (C=O) groups is 2. The van der Waals surface area contributed by atoms with Crippen molar-refractivity contribution in [1.29, 1.82) is 0 Å². The number of nitrogens with one attached hydrogen (secondary N) is 2. The Balaban J connectivity index is 2.06. The van der Waals surface area contributed by atoms with Crippen molar-refractivity contribution in [2.24, 2.45) is 0 Å². The second-order valence-corrected chi connectivity index (χ2v) is 5.09. The van der Waals surface area contributed by atoms with Crippen molar-refractivity contribution >= 4 is 11.8 Å². The maximum atomic E-state index is 11.8. The molecule has 18 heavy (non-hydrogen) atoms. The summed E-state index contributed by atoms with van der Waals surface area (Å²) in [7, 11) is 0. The maximum Gasteiger partial charge on any atom is 0.236 e. The van der Waals surface area contributed by atoms with Crippen LogP contribution in [0.25, 0.3) is 0 Å². The van der Waals surface area contributed by atoms with Crippen LogP contribution >= 0.6 is 0 Å². The van der Waals surface area contributed by atoms with Crippen LogP contribution in [0.3, 0.4) is 0 Å². The Morgan fingerprint density at radius 1 is 1.17 bits per heavy atom. The van der Waals surface area contributed by atoms with Gasteiger partial charge in [-0.3, -0.25) is 9.59 Å². The maximum absolute atomic E-state index is 11.8. The zero-order chi connectivity index (χ0) is 13.4. The van der Waals surface area contributed by atoms with Gasteiger partial charge in [-0.25, -0.2) is 0 Å². The highest BCUT2D eigenvalue weighted by molar-refractivity contribution is 5.78. The molecule has 0 radical (unpaired) electrons. The van der Waals surface area contributed by atoms with Crippen molar-refractivity contribution in [2.45, 2.75) is 45.6 Å². The first-order chi connectivity index (χ1) is 8.59. The van der Waals surface area contributed by atoms with Gasteiger partial charge in [-0.1, -0.05) is 0 Å². The smallest absolute Gasteiger partial charge is 0.236 e. The summed E-state index contributed by atoms with van der Waals surface area (Å²) in [4.78, 5) is 25.0. The monoisotopic (exact) mass is 255 g/mol. The van der Waals surface area contributed by atoms with E-state index in [2.05, 4.69) is 10.6 Å². The highest BCUT2D eigenvalue weighted by atomic mass is 16.2. The number of nitrogens with zero attached hydrogens (tertiary/aromatic N) is 1. The van der Waals surface area contributed by atoms with E-state index in [1.54, 1.807) is 0 Å². The fourth-order valence-electron chi connectivity index (χ4n) is 2.05. The number of rotatable bonds is 6. The molecule has 1 aliphatic heterocycles. The molecule has 0 aliphatic carbocycles. The lowest BCUT2D eigenvalue weighted by atomic mass is 10.1. The van der Waals surface area contributed by atoms with Gasteiger partial charge in [0.05, 0.1) is 6.54 Å². The lowest BCUT2D eigenvalue weighted by Gasteiger charge is -2.26. The molecule has 0 atom stereocenters. The Labute approximate surface area is 109 Å². The van der Waals surface area contributed by atoms with Crippen LogP contribution in [-0.2, 0) is 9.59 Å². The van der Waals surface area contributed by atoms with E-state index in [0.29, 0.717) is 19.5 Å². The molecule has 1 aliphatic rings. The molecule has 1 heterocycles. The first kappa shape index (κ1) is 15.0. The molecule has 0 aromatic carbocycles. The molecule has 5 heteroatoms. The number of hydrogen-bond donors (Lipinski definition) is 2. The average molecular weight is 255 g/mol. The SMILES string of the molecule is CC(C)NC(=O)CCNCC(=O)N1CCCCC1. The van der Waals surface area contributed by atoms with Crippen LogP contribution < -0.4 is 10.6 Å². The molecule has 0 aromatic rings. The van der Waals surface area contributed by atoms with Gasteiger partial charge in [0.1, 0.15) is 0 Å². The number of carbonyl (C=O) groups excluding carboxylic acids is 2. The van der Waals surface area contributed by atoms with Gasteiger partial charge in [0, 0.05) is 32.1 Å². The largest absolute Gasteiger partial charge is 0.354 e. The molecule has 0 unspecified atom stereocenters. The Hall–Kier alpha value is -1.10. The highest BCUT2D eigenvalue weighted by Crippen LogP contribution is 2.08. The summed E-state index contributed by atoms with van der Waals surface area (Å²) in [5, 5.41) is 5.85. The third-order valence-electron chi connectivity index (χ3n) is 2.96. The molecule has 0 saturated carbocycles. The predicted octanol–water partition coefficient (Wildman–Crippen LogP) is 0.503. The summed E-state index contributed by atoms with van der Waals surface area (Å²) in [6.45, 7) is 6.53. The molecule has 2 N–H and O–H groups in total. The summed E-state index contributed by atoms with van der Waals surface area (Å²) < 4.78 is 0. The second-order valence-electron chi connectivity index (χ2n) is 5.09. The first-order valence-corrected chi connectivity index (χ1v) is 6.87. The fourth-order valence-corrected chi connectivity index (χ4v) is 2.05. The van der Waals surface area contributed by atoms with Crippen molar-refractivity contribution in [3.8, 4) is 0 Å². The van der Waals surface area contributed by atoms with Gasteiger partial charge in [0.15, 0.2) is 0 Å². The van der Waals surface area contributed by atoms with Crippen LogP contribution in [0.15, 0.2) is 0 Å². The van der Waals surface area contributed by atoms with Gasteiger partial charge >= 0.3 is 0 Å². The lowest BCUT2D eigenvalue weighted by molar-refractivity contribution is -0.131. The minimum Gasteiger partial charge on any atom is -0.354 e. The van der Waals surface area contributed by atoms with Gasteiger partial charge < -0.3 is 15.5 Å². The molecule has 104 valence electrons. The molecule has 1 rings (SSSR count). The van der Waals surface area contributed by atoms with Gasteiger partial charge in [0.2, 0.25) is 11.8 Å². The van der Waals surface area contributed by atoms with Crippen LogP contribution in [0.5, 0.6) is 0 Å². The normalized spacial score (nSPS) is 15.8. The summed E-state index contributed by atoms with van der Waals surface area (Å²) in [5.74, 6) is 0.182. The highest BCUT2D eigenvalue weighted by Gasteiger charge is 2.15. The van der Waals surface area contributed by atoms with E-state index in [9.17, 15) is 9.59 Å². The minimum absolute atomic E-state index is 0.0305. The van der Waals surface area contributed by atoms with E-state index in [1.165, 1.54) is 6.42 Å². The van der Waals surface area contributed by atoms with Crippen molar-refractivity contribution in [3.63, 3.8) is 0 Å². The molecule has 0 bridgehead atoms. The van der Waals surface area contributed by atoms with Crippen molar-refractivity contribution in [1.82, 2.24) is 15.5 Å². The summed E-state index contributed by atoms with van der Waals surface area (Å²) >= 11 is 0. The van der Waals surface area contributed by atoms with Crippen LogP contribution in [0.4, 0.5) is 0 Å². The zero-order valence-electron chi connectivity index (χ0n) is 11.5. The molecule has 1 saturated heterocycles. The molecule has 1 fully saturated rings. The molecule has 0 aromatic heterocycles. The first-order valence-electron chi connectivity index (χ1n) is 6.87. The number of hydrogen-bond acceptors (Lipinski definition) is 3. The number of likely N-dealkylation sites (tertiary alicyclic amines) is 1. The Kier molecular flexibility index (Phi) is 6.72. The van der Waals surface area contributed by atoms with Crippen LogP contribution in [0, 0.1) is 0 Å². The zero-order valence-corrected chi connectivity index (χ0v) is 11.5. The molecule has 2 amide bonds. The van der Waals surface area contributed by atoms with Crippen molar-refractivity contribution in [3.05, 3.63) is 0 Å². The van der Waals surface area contributed by atoms with E-state index in [1.807, 2.05) is 18.7 Å². The minimum atomic E-state index is 0.0305. The van der Waals surface area contributed by atoms with E-state index in [-0.39, 0.29) is 17.9 Å². The van der Waals surface area contributed by atoms with E-state index in [0.717, 1.165) is 25.9 Å². The quantitative estimate of drug-likeness (QED) is 0.680.